The second-order valence-electron chi connectivity index (χ2n) is 7.46. The molecule has 0 unspecified atom stereocenters. The number of ether oxygens (including phenoxy) is 1. The van der Waals surface area contributed by atoms with E-state index in [1.165, 1.54) is 0 Å². The van der Waals surface area contributed by atoms with Crippen LogP contribution in [0, 0.1) is 12.4 Å². The minimum atomic E-state index is -5.07. The van der Waals surface area contributed by atoms with Gasteiger partial charge in [-0.25, -0.2) is 26.1 Å². The van der Waals surface area contributed by atoms with E-state index >= 15 is 0 Å². The number of rotatable bonds is 6. The number of aliphatic hydroxyl groups excluding tert-OH is 1. The zero-order valence-electron chi connectivity index (χ0n) is 17.2. The number of sulfone groups is 1. The number of nitrogens with zero attached hydrogens (tertiary/aromatic N) is 2. The number of halogens is 5. The molecule has 0 amide bonds. The van der Waals surface area contributed by atoms with E-state index in [1.807, 2.05) is 0 Å². The van der Waals surface area contributed by atoms with Crippen molar-refractivity contribution >= 4 is 37.1 Å². The van der Waals surface area contributed by atoms with Gasteiger partial charge in [0.15, 0.2) is 9.84 Å². The number of hydrogen-bond acceptors (Lipinski definition) is 7. The summed E-state index contributed by atoms with van der Waals surface area (Å²) in [6, 6.07) is 4.30. The van der Waals surface area contributed by atoms with Crippen LogP contribution in [0.1, 0.15) is 0 Å². The van der Waals surface area contributed by atoms with Gasteiger partial charge in [-0.3, -0.25) is 0 Å². The molecule has 1 fully saturated rings. The Balaban J connectivity index is 1.99. The van der Waals surface area contributed by atoms with Gasteiger partial charge in [0.05, 0.1) is 23.1 Å². The zero-order valence-corrected chi connectivity index (χ0v) is 19.6. The van der Waals surface area contributed by atoms with E-state index in [0.717, 1.165) is 12.1 Å². The summed E-state index contributed by atoms with van der Waals surface area (Å²) in [6.45, 7) is 3.82. The molecular formula is C19H15ClF4N2O7S2. The van der Waals surface area contributed by atoms with Crippen molar-refractivity contribution in [2.75, 3.05) is 19.7 Å². The molecule has 0 radical (unpaired) electrons. The molecule has 1 aliphatic heterocycles. The number of alkyl halides is 3. The minimum absolute atomic E-state index is 0.468. The Hall–Kier alpha value is -2.48. The van der Waals surface area contributed by atoms with E-state index in [9.17, 15) is 44.6 Å². The SMILES string of the molecule is [C-]#[N+]c1ccc(S(=O)(=O)[C@H]2CN(S(=O)(=O)c3ccc(OC(F)(F)F)cc3Cl)C[C@@]2(O)CO)cc1F. The molecule has 1 saturated heterocycles. The molecule has 0 aromatic heterocycles. The number of aliphatic hydroxyl groups is 2. The molecule has 0 saturated carbocycles. The molecule has 2 aromatic carbocycles. The van der Waals surface area contributed by atoms with Gasteiger partial charge in [-0.2, -0.15) is 4.31 Å². The van der Waals surface area contributed by atoms with E-state index in [4.69, 9.17) is 18.2 Å². The van der Waals surface area contributed by atoms with Crippen molar-refractivity contribution in [3.8, 4) is 5.75 Å². The summed E-state index contributed by atoms with van der Waals surface area (Å²) < 4.78 is 108. The zero-order chi connectivity index (χ0) is 26.4. The third kappa shape index (κ3) is 5.22. The van der Waals surface area contributed by atoms with Crippen LogP contribution < -0.4 is 4.74 Å². The Kier molecular flexibility index (Phi) is 7.12. The maximum absolute atomic E-state index is 14.0. The Morgan fingerprint density at radius 3 is 2.37 bits per heavy atom. The van der Waals surface area contributed by atoms with Gasteiger partial charge in [0, 0.05) is 19.2 Å². The third-order valence-electron chi connectivity index (χ3n) is 5.19. The lowest BCUT2D eigenvalue weighted by molar-refractivity contribution is -0.274. The third-order valence-corrected chi connectivity index (χ3v) is 9.73. The summed E-state index contributed by atoms with van der Waals surface area (Å²) in [4.78, 5) is 1.50. The second kappa shape index (κ2) is 9.19. The van der Waals surface area contributed by atoms with Crippen molar-refractivity contribution in [2.45, 2.75) is 27.0 Å². The molecule has 1 aliphatic rings. The van der Waals surface area contributed by atoms with Crippen molar-refractivity contribution < 1.29 is 49.3 Å². The molecular weight excluding hydrogens is 544 g/mol. The first-order chi connectivity index (χ1) is 16.0. The van der Waals surface area contributed by atoms with Crippen LogP contribution >= 0.6 is 11.6 Å². The van der Waals surface area contributed by atoms with E-state index in [-0.39, 0.29) is 0 Å². The van der Waals surface area contributed by atoms with Crippen LogP contribution in [0.15, 0.2) is 46.2 Å². The first-order valence-corrected chi connectivity index (χ1v) is 12.7. The standard InChI is InChI=1S/C19H15ClF4N2O7S2/c1-25-15-4-3-12(7-14(15)21)34(29,30)17-8-26(9-18(17,28)10-27)35(31,32)16-5-2-11(6-13(16)20)33-19(22,23)24/h2-7,17,27-28H,8-10H2/t17-,18+/m0/s1. The number of β-amino-alcohol motifs (C(OH)–C–C–N with tert-alkyl or cyclic N) is 1. The molecule has 1 heterocycles. The summed E-state index contributed by atoms with van der Waals surface area (Å²) in [5, 5.41) is 17.9. The highest BCUT2D eigenvalue weighted by atomic mass is 35.5. The summed E-state index contributed by atoms with van der Waals surface area (Å²) in [5.41, 5.74) is -2.99. The molecule has 16 heteroatoms. The first-order valence-electron chi connectivity index (χ1n) is 9.35. The molecule has 190 valence electrons. The fraction of sp³-hybridized carbons (Fsp3) is 0.316. The van der Waals surface area contributed by atoms with E-state index < -0.39 is 88.8 Å². The van der Waals surface area contributed by atoms with Crippen LogP contribution in [0.3, 0.4) is 0 Å². The highest BCUT2D eigenvalue weighted by Crippen LogP contribution is 2.38. The predicted octanol–water partition coefficient (Wildman–Crippen LogP) is 2.50. The van der Waals surface area contributed by atoms with Crippen molar-refractivity contribution in [2.24, 2.45) is 0 Å². The Morgan fingerprint density at radius 1 is 1.20 bits per heavy atom. The first kappa shape index (κ1) is 27.1. The monoisotopic (exact) mass is 558 g/mol. The van der Waals surface area contributed by atoms with Crippen molar-refractivity contribution in [3.63, 3.8) is 0 Å². The summed E-state index contributed by atoms with van der Waals surface area (Å²) in [6.07, 6.45) is -5.07. The average molecular weight is 559 g/mol. The van der Waals surface area contributed by atoms with E-state index in [1.54, 1.807) is 0 Å². The maximum atomic E-state index is 14.0. The fourth-order valence-electron chi connectivity index (χ4n) is 3.49. The number of sulfonamides is 1. The van der Waals surface area contributed by atoms with Crippen LogP contribution in [0.2, 0.25) is 5.02 Å². The number of benzene rings is 2. The van der Waals surface area contributed by atoms with Crippen LogP contribution in [0.25, 0.3) is 4.85 Å². The lowest BCUT2D eigenvalue weighted by Gasteiger charge is -2.26. The lowest BCUT2D eigenvalue weighted by Crippen LogP contribution is -2.49. The Labute approximate surface area is 201 Å². The van der Waals surface area contributed by atoms with Gasteiger partial charge >= 0.3 is 6.36 Å². The molecule has 2 N–H and O–H groups in total. The van der Waals surface area contributed by atoms with Gasteiger partial charge in [-0.15, -0.1) is 13.2 Å². The van der Waals surface area contributed by atoms with E-state index in [2.05, 4.69) is 9.58 Å². The van der Waals surface area contributed by atoms with Crippen LogP contribution in [-0.4, -0.2) is 68.3 Å². The smallest absolute Gasteiger partial charge is 0.406 e. The Morgan fingerprint density at radius 2 is 1.86 bits per heavy atom. The predicted molar refractivity (Wildman–Crippen MR) is 113 cm³/mol. The van der Waals surface area contributed by atoms with E-state index in [0.29, 0.717) is 28.6 Å². The van der Waals surface area contributed by atoms with Crippen molar-refractivity contribution in [3.05, 3.63) is 58.7 Å². The van der Waals surface area contributed by atoms with Gasteiger partial charge < -0.3 is 14.9 Å². The molecule has 3 rings (SSSR count). The van der Waals surface area contributed by atoms with Gasteiger partial charge in [0.1, 0.15) is 27.3 Å². The van der Waals surface area contributed by atoms with Gasteiger partial charge in [0.25, 0.3) is 0 Å². The quantitative estimate of drug-likeness (QED) is 0.412. The fourth-order valence-corrected chi connectivity index (χ4v) is 7.57. The van der Waals surface area contributed by atoms with Gasteiger partial charge in [0.2, 0.25) is 15.7 Å². The average Bonchev–Trinajstić information content (AvgIpc) is 3.12. The summed E-state index contributed by atoms with van der Waals surface area (Å²) in [5.74, 6) is -1.97. The Bertz CT molecular complexity index is 1410. The van der Waals surface area contributed by atoms with Gasteiger partial charge in [-0.1, -0.05) is 23.7 Å². The summed E-state index contributed by atoms with van der Waals surface area (Å²) >= 11 is 5.85. The largest absolute Gasteiger partial charge is 0.573 e. The molecule has 2 atom stereocenters. The van der Waals surface area contributed by atoms with Crippen LogP contribution in [0.5, 0.6) is 5.75 Å². The molecule has 0 aliphatic carbocycles. The normalized spacial score (nSPS) is 21.6. The van der Waals surface area contributed by atoms with Crippen LogP contribution in [-0.2, 0) is 19.9 Å². The molecule has 0 bridgehead atoms. The second-order valence-corrected chi connectivity index (χ2v) is 11.9. The molecule has 35 heavy (non-hydrogen) atoms. The maximum Gasteiger partial charge on any atom is 0.573 e. The lowest BCUT2D eigenvalue weighted by atomic mass is 10.1. The van der Waals surface area contributed by atoms with Gasteiger partial charge in [-0.05, 0) is 18.2 Å². The minimum Gasteiger partial charge on any atom is -0.406 e. The molecule has 9 nitrogen and oxygen atoms in total. The highest BCUT2D eigenvalue weighted by Gasteiger charge is 2.55. The highest BCUT2D eigenvalue weighted by molar-refractivity contribution is 7.92. The van der Waals surface area contributed by atoms with Crippen molar-refractivity contribution in [1.29, 1.82) is 0 Å². The van der Waals surface area contributed by atoms with Crippen molar-refractivity contribution in [1.82, 2.24) is 4.31 Å². The van der Waals surface area contributed by atoms with Crippen LogP contribution in [0.4, 0.5) is 23.2 Å². The topological polar surface area (TPSA) is 126 Å². The number of hydrogen-bond donors (Lipinski definition) is 2. The summed E-state index contributed by atoms with van der Waals surface area (Å²) in [7, 11) is -9.35. The molecule has 0 spiro atoms. The molecule has 2 aromatic rings.